The van der Waals surface area contributed by atoms with Crippen LogP contribution in [0.25, 0.3) is 17.0 Å². The molecule has 4 rings (SSSR count). The number of hydrogen-bond acceptors (Lipinski definition) is 5. The van der Waals surface area contributed by atoms with E-state index in [0.717, 1.165) is 23.3 Å². The van der Waals surface area contributed by atoms with Gasteiger partial charge in [0.15, 0.2) is 16.7 Å². The molecule has 1 unspecified atom stereocenters. The number of nitrogens with one attached hydrogen (secondary N) is 1. The normalized spacial score (nSPS) is 16.3. The predicted molar refractivity (Wildman–Crippen MR) is 126 cm³/mol. The average molecular weight is 453 g/mol. The molecule has 3 aromatic rings. The number of rotatable bonds is 6. The molecule has 1 aromatic heterocycles. The number of halogens is 1. The molecule has 1 aliphatic rings. The zero-order valence-corrected chi connectivity index (χ0v) is 19.3. The standard InChI is InChI=1S/C24H25FN4O2S/c1-5-15-7-9-16(10-8-15)21-20(14(3)29(6-2)24(32)26-21)23-27-22(28-31-23)17-11-12-19(30-4)18(25)13-17/h7-13,21H,5-6H2,1-4H3,(H,26,32). The first-order chi connectivity index (χ1) is 15.5. The zero-order valence-electron chi connectivity index (χ0n) is 18.5. The van der Waals surface area contributed by atoms with E-state index in [1.54, 1.807) is 12.1 Å². The molecule has 2 heterocycles. The van der Waals surface area contributed by atoms with Crippen molar-refractivity contribution in [1.82, 2.24) is 20.4 Å². The molecule has 1 N–H and O–H groups in total. The molecule has 1 aliphatic heterocycles. The van der Waals surface area contributed by atoms with Crippen molar-refractivity contribution in [3.8, 4) is 17.1 Å². The van der Waals surface area contributed by atoms with Gasteiger partial charge in [-0.05, 0) is 61.8 Å². The van der Waals surface area contributed by atoms with Crippen LogP contribution >= 0.6 is 12.2 Å². The molecule has 0 aliphatic carbocycles. The second-order valence-electron chi connectivity index (χ2n) is 7.49. The molecular weight excluding hydrogens is 427 g/mol. The topological polar surface area (TPSA) is 63.4 Å². The molecule has 32 heavy (non-hydrogen) atoms. The maximum Gasteiger partial charge on any atom is 0.258 e. The summed E-state index contributed by atoms with van der Waals surface area (Å²) in [6.07, 6.45) is 0.966. The van der Waals surface area contributed by atoms with Crippen molar-refractivity contribution < 1.29 is 13.7 Å². The first kappa shape index (κ1) is 22.0. The molecule has 0 fully saturated rings. The maximum absolute atomic E-state index is 14.2. The highest BCUT2D eigenvalue weighted by Crippen LogP contribution is 2.37. The quantitative estimate of drug-likeness (QED) is 0.520. The number of nitrogens with zero attached hydrogens (tertiary/aromatic N) is 3. The van der Waals surface area contributed by atoms with Crippen molar-refractivity contribution in [2.75, 3.05) is 13.7 Å². The van der Waals surface area contributed by atoms with E-state index < -0.39 is 5.82 Å². The number of allylic oxidation sites excluding steroid dienone is 1. The highest BCUT2D eigenvalue weighted by Gasteiger charge is 2.33. The van der Waals surface area contributed by atoms with Crippen LogP contribution in [0.2, 0.25) is 0 Å². The van der Waals surface area contributed by atoms with Gasteiger partial charge in [0.05, 0.1) is 18.7 Å². The summed E-state index contributed by atoms with van der Waals surface area (Å²) in [7, 11) is 1.42. The molecule has 166 valence electrons. The van der Waals surface area contributed by atoms with Gasteiger partial charge in [0.25, 0.3) is 5.89 Å². The van der Waals surface area contributed by atoms with E-state index in [1.165, 1.54) is 18.7 Å². The molecular formula is C24H25FN4O2S. The Morgan fingerprint density at radius 2 is 1.94 bits per heavy atom. The minimum absolute atomic E-state index is 0.162. The van der Waals surface area contributed by atoms with E-state index in [0.29, 0.717) is 28.9 Å². The highest BCUT2D eigenvalue weighted by atomic mass is 32.1. The Morgan fingerprint density at radius 1 is 1.19 bits per heavy atom. The van der Waals surface area contributed by atoms with Gasteiger partial charge in [0.2, 0.25) is 5.82 Å². The number of benzene rings is 2. The number of hydrogen-bond donors (Lipinski definition) is 1. The summed E-state index contributed by atoms with van der Waals surface area (Å²) in [5.74, 6) is 0.350. The van der Waals surface area contributed by atoms with E-state index in [1.807, 2.05) is 18.7 Å². The summed E-state index contributed by atoms with van der Waals surface area (Å²) in [4.78, 5) is 6.60. The number of ether oxygens (including phenoxy) is 1. The van der Waals surface area contributed by atoms with Crippen molar-refractivity contribution in [3.05, 3.63) is 71.0 Å². The van der Waals surface area contributed by atoms with Crippen LogP contribution in [0.5, 0.6) is 5.75 Å². The lowest BCUT2D eigenvalue weighted by molar-refractivity contribution is 0.386. The van der Waals surface area contributed by atoms with Crippen LogP contribution in [0.1, 0.15) is 43.8 Å². The largest absolute Gasteiger partial charge is 0.494 e. The summed E-state index contributed by atoms with van der Waals surface area (Å²) in [5, 5.41) is 8.18. The molecule has 2 aromatic carbocycles. The summed E-state index contributed by atoms with van der Waals surface area (Å²) in [6, 6.07) is 12.7. The first-order valence-corrected chi connectivity index (χ1v) is 10.9. The van der Waals surface area contributed by atoms with E-state index in [9.17, 15) is 4.39 Å². The average Bonchev–Trinajstić information content (AvgIpc) is 3.28. The van der Waals surface area contributed by atoms with Gasteiger partial charge in [-0.25, -0.2) is 4.39 Å². The number of thiocarbonyl (C=S) groups is 1. The Labute approximate surface area is 192 Å². The van der Waals surface area contributed by atoms with Gasteiger partial charge in [-0.3, -0.25) is 0 Å². The first-order valence-electron chi connectivity index (χ1n) is 10.5. The fourth-order valence-corrected chi connectivity index (χ4v) is 4.27. The molecule has 0 saturated carbocycles. The van der Waals surface area contributed by atoms with Crippen LogP contribution in [-0.2, 0) is 6.42 Å². The minimum atomic E-state index is -0.484. The molecule has 0 bridgehead atoms. The van der Waals surface area contributed by atoms with Gasteiger partial charge in [0, 0.05) is 17.8 Å². The Balaban J connectivity index is 1.78. The van der Waals surface area contributed by atoms with Crippen LogP contribution in [0.15, 0.2) is 52.7 Å². The number of aromatic nitrogens is 2. The summed E-state index contributed by atoms with van der Waals surface area (Å²) in [6.45, 7) is 6.86. The van der Waals surface area contributed by atoms with Gasteiger partial charge in [-0.15, -0.1) is 0 Å². The van der Waals surface area contributed by atoms with Gasteiger partial charge in [-0.2, -0.15) is 4.98 Å². The Hall–Kier alpha value is -3.26. The second-order valence-corrected chi connectivity index (χ2v) is 7.88. The number of methoxy groups -OCH3 is 1. The van der Waals surface area contributed by atoms with Crippen molar-refractivity contribution in [2.24, 2.45) is 0 Å². The monoisotopic (exact) mass is 452 g/mol. The molecule has 0 saturated heterocycles. The van der Waals surface area contributed by atoms with Crippen LogP contribution in [0.3, 0.4) is 0 Å². The van der Waals surface area contributed by atoms with Crippen LogP contribution in [0, 0.1) is 5.82 Å². The predicted octanol–water partition coefficient (Wildman–Crippen LogP) is 5.13. The molecule has 8 heteroatoms. The van der Waals surface area contributed by atoms with E-state index in [2.05, 4.69) is 46.6 Å². The summed E-state index contributed by atoms with van der Waals surface area (Å²) >= 11 is 5.61. The zero-order chi connectivity index (χ0) is 22.8. The summed E-state index contributed by atoms with van der Waals surface area (Å²) in [5.41, 5.74) is 4.59. The van der Waals surface area contributed by atoms with Crippen molar-refractivity contribution >= 4 is 22.9 Å². The van der Waals surface area contributed by atoms with Gasteiger partial charge in [-0.1, -0.05) is 36.3 Å². The second kappa shape index (κ2) is 9.08. The van der Waals surface area contributed by atoms with Crippen molar-refractivity contribution in [2.45, 2.75) is 33.2 Å². The SMILES string of the molecule is CCc1ccc(C2NC(=S)N(CC)C(C)=C2c2nc(-c3ccc(OC)c(F)c3)no2)cc1. The molecule has 0 radical (unpaired) electrons. The van der Waals surface area contributed by atoms with E-state index in [-0.39, 0.29) is 11.8 Å². The third kappa shape index (κ3) is 3.98. The minimum Gasteiger partial charge on any atom is -0.494 e. The van der Waals surface area contributed by atoms with Crippen molar-refractivity contribution in [3.63, 3.8) is 0 Å². The van der Waals surface area contributed by atoms with Gasteiger partial charge in [0.1, 0.15) is 0 Å². The lowest BCUT2D eigenvalue weighted by atomic mass is 9.94. The van der Waals surface area contributed by atoms with E-state index >= 15 is 0 Å². The van der Waals surface area contributed by atoms with Crippen LogP contribution < -0.4 is 10.1 Å². The molecule has 1 atom stereocenters. The van der Waals surface area contributed by atoms with Crippen LogP contribution in [0.4, 0.5) is 4.39 Å². The fourth-order valence-electron chi connectivity index (χ4n) is 3.89. The summed E-state index contributed by atoms with van der Waals surface area (Å²) < 4.78 is 24.9. The number of aryl methyl sites for hydroxylation is 1. The Kier molecular flexibility index (Phi) is 6.23. The van der Waals surface area contributed by atoms with Gasteiger partial charge >= 0.3 is 0 Å². The Morgan fingerprint density at radius 3 is 2.56 bits per heavy atom. The molecule has 6 nitrogen and oxygen atoms in total. The molecule has 0 amide bonds. The van der Waals surface area contributed by atoms with Gasteiger partial charge < -0.3 is 19.5 Å². The lowest BCUT2D eigenvalue weighted by Crippen LogP contribution is -2.45. The smallest absolute Gasteiger partial charge is 0.258 e. The highest BCUT2D eigenvalue weighted by molar-refractivity contribution is 7.80. The maximum atomic E-state index is 14.2. The lowest BCUT2D eigenvalue weighted by Gasteiger charge is -2.36. The third-order valence-corrected chi connectivity index (χ3v) is 6.04. The fraction of sp³-hybridized carbons (Fsp3) is 0.292. The van der Waals surface area contributed by atoms with Crippen molar-refractivity contribution in [1.29, 1.82) is 0 Å². The van der Waals surface area contributed by atoms with Crippen LogP contribution in [-0.4, -0.2) is 33.8 Å². The molecule has 0 spiro atoms. The third-order valence-electron chi connectivity index (χ3n) is 5.70. The van der Waals surface area contributed by atoms with E-state index in [4.69, 9.17) is 21.5 Å². The Bertz CT molecular complexity index is 1170.